The van der Waals surface area contributed by atoms with Crippen LogP contribution in [0.15, 0.2) is 0 Å². The monoisotopic (exact) mass is 141 g/mol. The summed E-state index contributed by atoms with van der Waals surface area (Å²) in [5, 5.41) is 8.25. The van der Waals surface area contributed by atoms with Crippen LogP contribution in [0, 0.1) is 17.2 Å². The van der Waals surface area contributed by atoms with Crippen LogP contribution in [0.3, 0.4) is 0 Å². The number of hydrogen-bond acceptors (Lipinski definition) is 4. The first kappa shape index (κ1) is 8.63. The van der Waals surface area contributed by atoms with E-state index < -0.39 is 11.9 Å². The van der Waals surface area contributed by atoms with Crippen molar-refractivity contribution in [2.75, 3.05) is 7.11 Å². The number of carbonyl (C=O) groups is 2. The van der Waals surface area contributed by atoms with E-state index in [1.54, 1.807) is 6.07 Å². The SMILES string of the molecule is COC(=O)C(C#N)CC=O. The minimum atomic E-state index is -0.942. The molecule has 0 aliphatic rings. The molecule has 0 aromatic heterocycles. The number of esters is 1. The predicted molar refractivity (Wildman–Crippen MR) is 31.8 cm³/mol. The highest BCUT2D eigenvalue weighted by molar-refractivity contribution is 5.77. The van der Waals surface area contributed by atoms with E-state index in [1.165, 1.54) is 7.11 Å². The van der Waals surface area contributed by atoms with Gasteiger partial charge in [-0.1, -0.05) is 0 Å². The molecule has 0 aliphatic carbocycles. The first-order valence-electron chi connectivity index (χ1n) is 2.67. The van der Waals surface area contributed by atoms with Gasteiger partial charge in [0.05, 0.1) is 13.2 Å². The summed E-state index contributed by atoms with van der Waals surface area (Å²) in [7, 11) is 1.18. The topological polar surface area (TPSA) is 67.2 Å². The molecule has 1 unspecified atom stereocenters. The van der Waals surface area contributed by atoms with Gasteiger partial charge in [-0.05, 0) is 0 Å². The molecule has 54 valence electrons. The molecule has 1 atom stereocenters. The average molecular weight is 141 g/mol. The average Bonchev–Trinajstić information content (AvgIpc) is 1.99. The lowest BCUT2D eigenvalue weighted by atomic mass is 10.1. The fourth-order valence-electron chi connectivity index (χ4n) is 0.440. The maximum absolute atomic E-state index is 10.5. The van der Waals surface area contributed by atoms with E-state index in [1.807, 2.05) is 0 Å². The Morgan fingerprint density at radius 1 is 1.90 bits per heavy atom. The van der Waals surface area contributed by atoms with Crippen molar-refractivity contribution >= 4 is 12.3 Å². The zero-order valence-corrected chi connectivity index (χ0v) is 5.53. The van der Waals surface area contributed by atoms with Crippen LogP contribution in [-0.4, -0.2) is 19.4 Å². The number of rotatable bonds is 3. The molecule has 0 aliphatic heterocycles. The van der Waals surface area contributed by atoms with E-state index in [-0.39, 0.29) is 6.42 Å². The summed E-state index contributed by atoms with van der Waals surface area (Å²) >= 11 is 0. The molecule has 0 aromatic rings. The largest absolute Gasteiger partial charge is 0.468 e. The summed E-state index contributed by atoms with van der Waals surface area (Å²) in [4.78, 5) is 20.4. The summed E-state index contributed by atoms with van der Waals surface area (Å²) < 4.78 is 4.24. The molecule has 4 heteroatoms. The number of nitriles is 1. The molecule has 0 aromatic carbocycles. The molecule has 0 bridgehead atoms. The molecular weight excluding hydrogens is 134 g/mol. The minimum absolute atomic E-state index is 0.0941. The highest BCUT2D eigenvalue weighted by atomic mass is 16.5. The number of hydrogen-bond donors (Lipinski definition) is 0. The third-order valence-electron chi connectivity index (χ3n) is 0.973. The molecule has 0 saturated carbocycles. The van der Waals surface area contributed by atoms with Gasteiger partial charge in [0.1, 0.15) is 6.29 Å². The van der Waals surface area contributed by atoms with Gasteiger partial charge >= 0.3 is 5.97 Å². The van der Waals surface area contributed by atoms with E-state index in [0.29, 0.717) is 6.29 Å². The highest BCUT2D eigenvalue weighted by Gasteiger charge is 2.16. The molecule has 0 spiro atoms. The van der Waals surface area contributed by atoms with Crippen LogP contribution in [0.2, 0.25) is 0 Å². The Kier molecular flexibility index (Phi) is 3.89. The standard InChI is InChI=1S/C6H7NO3/c1-10-6(9)5(4-7)2-3-8/h3,5H,2H2,1H3. The van der Waals surface area contributed by atoms with Crippen molar-refractivity contribution in [3.63, 3.8) is 0 Å². The van der Waals surface area contributed by atoms with Crippen LogP contribution >= 0.6 is 0 Å². The van der Waals surface area contributed by atoms with E-state index in [4.69, 9.17) is 5.26 Å². The first-order chi connectivity index (χ1) is 4.76. The van der Waals surface area contributed by atoms with Crippen LogP contribution in [-0.2, 0) is 14.3 Å². The van der Waals surface area contributed by atoms with E-state index in [9.17, 15) is 9.59 Å². The fraction of sp³-hybridized carbons (Fsp3) is 0.500. The predicted octanol–water partition coefficient (Wildman–Crippen LogP) is -0.112. The Bertz CT molecular complexity index is 170. The van der Waals surface area contributed by atoms with Crippen molar-refractivity contribution in [1.82, 2.24) is 0 Å². The Hall–Kier alpha value is -1.37. The van der Waals surface area contributed by atoms with Crippen LogP contribution in [0.5, 0.6) is 0 Å². The van der Waals surface area contributed by atoms with Gasteiger partial charge in [0.25, 0.3) is 0 Å². The molecule has 0 N–H and O–H groups in total. The van der Waals surface area contributed by atoms with Crippen LogP contribution < -0.4 is 0 Å². The zero-order valence-electron chi connectivity index (χ0n) is 5.53. The van der Waals surface area contributed by atoms with E-state index in [0.717, 1.165) is 0 Å². The second-order valence-electron chi connectivity index (χ2n) is 1.61. The van der Waals surface area contributed by atoms with Gasteiger partial charge in [-0.2, -0.15) is 5.26 Å². The fourth-order valence-corrected chi connectivity index (χ4v) is 0.440. The number of ether oxygens (including phenoxy) is 1. The molecule has 0 rings (SSSR count). The normalized spacial score (nSPS) is 11.2. The van der Waals surface area contributed by atoms with E-state index in [2.05, 4.69) is 4.74 Å². The molecular formula is C6H7NO3. The summed E-state index contributed by atoms with van der Waals surface area (Å²) in [5.74, 6) is -1.60. The molecule has 0 radical (unpaired) electrons. The summed E-state index contributed by atoms with van der Waals surface area (Å²) in [6.07, 6.45) is 0.425. The summed E-state index contributed by atoms with van der Waals surface area (Å²) in [6, 6.07) is 1.65. The van der Waals surface area contributed by atoms with Gasteiger partial charge in [0.15, 0.2) is 5.92 Å². The number of methoxy groups -OCH3 is 1. The summed E-state index contributed by atoms with van der Waals surface area (Å²) in [6.45, 7) is 0. The molecule has 10 heavy (non-hydrogen) atoms. The number of carbonyl (C=O) groups excluding carboxylic acids is 2. The lowest BCUT2D eigenvalue weighted by molar-refractivity contribution is -0.144. The quantitative estimate of drug-likeness (QED) is 0.406. The Balaban J connectivity index is 3.96. The first-order valence-corrected chi connectivity index (χ1v) is 2.67. The maximum Gasteiger partial charge on any atom is 0.323 e. The lowest BCUT2D eigenvalue weighted by Gasteiger charge is -1.99. The van der Waals surface area contributed by atoms with Gasteiger partial charge in [-0.25, -0.2) is 0 Å². The van der Waals surface area contributed by atoms with Crippen molar-refractivity contribution in [3.8, 4) is 6.07 Å². The van der Waals surface area contributed by atoms with E-state index >= 15 is 0 Å². The third kappa shape index (κ3) is 2.27. The van der Waals surface area contributed by atoms with Gasteiger partial charge in [-0.3, -0.25) is 4.79 Å². The molecule has 4 nitrogen and oxygen atoms in total. The van der Waals surface area contributed by atoms with Crippen molar-refractivity contribution in [3.05, 3.63) is 0 Å². The number of aldehydes is 1. The molecule has 0 saturated heterocycles. The van der Waals surface area contributed by atoms with Crippen LogP contribution in [0.4, 0.5) is 0 Å². The Morgan fingerprint density at radius 3 is 2.80 bits per heavy atom. The minimum Gasteiger partial charge on any atom is -0.468 e. The maximum atomic E-state index is 10.5. The molecule has 0 amide bonds. The second-order valence-corrected chi connectivity index (χ2v) is 1.61. The highest BCUT2D eigenvalue weighted by Crippen LogP contribution is 2.00. The van der Waals surface area contributed by atoms with Gasteiger partial charge in [-0.15, -0.1) is 0 Å². The third-order valence-corrected chi connectivity index (χ3v) is 0.973. The zero-order chi connectivity index (χ0) is 7.98. The van der Waals surface area contributed by atoms with Crippen molar-refractivity contribution < 1.29 is 14.3 Å². The van der Waals surface area contributed by atoms with Crippen molar-refractivity contribution in [1.29, 1.82) is 5.26 Å². The lowest BCUT2D eigenvalue weighted by Crippen LogP contribution is -2.14. The van der Waals surface area contributed by atoms with Crippen molar-refractivity contribution in [2.45, 2.75) is 6.42 Å². The van der Waals surface area contributed by atoms with Crippen LogP contribution in [0.25, 0.3) is 0 Å². The number of nitrogens with zero attached hydrogens (tertiary/aromatic N) is 1. The second kappa shape index (κ2) is 4.50. The Morgan fingerprint density at radius 2 is 2.50 bits per heavy atom. The van der Waals surface area contributed by atoms with Gasteiger partial charge < -0.3 is 9.53 Å². The van der Waals surface area contributed by atoms with Crippen molar-refractivity contribution in [2.24, 2.45) is 5.92 Å². The van der Waals surface area contributed by atoms with Gasteiger partial charge in [0, 0.05) is 6.42 Å². The van der Waals surface area contributed by atoms with Crippen LogP contribution in [0.1, 0.15) is 6.42 Å². The summed E-state index contributed by atoms with van der Waals surface area (Å²) in [5.41, 5.74) is 0. The smallest absolute Gasteiger partial charge is 0.323 e. The van der Waals surface area contributed by atoms with Gasteiger partial charge in [0.2, 0.25) is 0 Å². The molecule has 0 heterocycles. The molecule has 0 fully saturated rings. The Labute approximate surface area is 58.4 Å².